The van der Waals surface area contributed by atoms with E-state index in [4.69, 9.17) is 0 Å². The summed E-state index contributed by atoms with van der Waals surface area (Å²) in [5.41, 5.74) is 0. The topological polar surface area (TPSA) is 37.4 Å². The Kier molecular flexibility index (Phi) is 2.13. The molecule has 0 aliphatic carbocycles. The fraction of sp³-hybridized carbons (Fsp3) is 0.600. The quantitative estimate of drug-likeness (QED) is 0.395. The first kappa shape index (κ1) is 8.82. The number of carbonyl (C=O) groups is 2. The average molecular weight is 275 g/mol. The SMILES string of the molecule is O=C(I)C(=O)N1CC(F)(F)C1. The molecular formula is C5H4F2INO2. The lowest BCUT2D eigenvalue weighted by molar-refractivity contribution is -0.166. The molecule has 1 fully saturated rings. The van der Waals surface area contributed by atoms with E-state index >= 15 is 0 Å². The van der Waals surface area contributed by atoms with Crippen LogP contribution in [0.15, 0.2) is 0 Å². The first-order chi connectivity index (χ1) is 4.92. The zero-order chi connectivity index (χ0) is 8.65. The first-order valence-corrected chi connectivity index (χ1v) is 3.87. The lowest BCUT2D eigenvalue weighted by Gasteiger charge is -2.37. The molecule has 1 amide bonds. The minimum absolute atomic E-state index is 0.624. The summed E-state index contributed by atoms with van der Waals surface area (Å²) >= 11 is 1.28. The van der Waals surface area contributed by atoms with E-state index in [2.05, 4.69) is 0 Å². The monoisotopic (exact) mass is 275 g/mol. The zero-order valence-corrected chi connectivity index (χ0v) is 7.47. The summed E-state index contributed by atoms with van der Waals surface area (Å²) in [7, 11) is 0. The van der Waals surface area contributed by atoms with Crippen LogP contribution in [0.25, 0.3) is 0 Å². The van der Waals surface area contributed by atoms with E-state index < -0.39 is 28.7 Å². The van der Waals surface area contributed by atoms with E-state index in [0.29, 0.717) is 0 Å². The lowest BCUT2D eigenvalue weighted by Crippen LogP contribution is -2.59. The highest BCUT2D eigenvalue weighted by atomic mass is 127. The number of nitrogens with zero attached hydrogens (tertiary/aromatic N) is 1. The highest BCUT2D eigenvalue weighted by Gasteiger charge is 2.47. The van der Waals surface area contributed by atoms with Gasteiger partial charge in [0.05, 0.1) is 13.1 Å². The predicted molar refractivity (Wildman–Crippen MR) is 40.6 cm³/mol. The van der Waals surface area contributed by atoms with Gasteiger partial charge in [0.25, 0.3) is 9.71 Å². The molecule has 0 radical (unpaired) electrons. The van der Waals surface area contributed by atoms with Crippen molar-refractivity contribution in [3.05, 3.63) is 0 Å². The molecule has 1 heterocycles. The number of hydrogen-bond donors (Lipinski definition) is 0. The summed E-state index contributed by atoms with van der Waals surface area (Å²) in [6.45, 7) is -1.25. The van der Waals surface area contributed by atoms with Crippen molar-refractivity contribution in [2.45, 2.75) is 5.92 Å². The molecular weight excluding hydrogens is 271 g/mol. The van der Waals surface area contributed by atoms with Gasteiger partial charge in [0.2, 0.25) is 0 Å². The lowest BCUT2D eigenvalue weighted by atomic mass is 10.1. The largest absolute Gasteiger partial charge is 0.323 e. The maximum atomic E-state index is 12.1. The fourth-order valence-electron chi connectivity index (χ4n) is 0.780. The van der Waals surface area contributed by atoms with Crippen molar-refractivity contribution >= 4 is 32.3 Å². The number of alkyl halides is 2. The molecule has 0 aromatic heterocycles. The third kappa shape index (κ3) is 1.85. The Balaban J connectivity index is 2.45. The number of halogens is 3. The Morgan fingerprint density at radius 1 is 1.36 bits per heavy atom. The Morgan fingerprint density at radius 2 is 1.82 bits per heavy atom. The Hall–Kier alpha value is -0.270. The summed E-state index contributed by atoms with van der Waals surface area (Å²) < 4.78 is 23.5. The number of likely N-dealkylation sites (tertiary alicyclic amines) is 1. The molecule has 11 heavy (non-hydrogen) atoms. The molecule has 1 saturated heterocycles. The molecule has 1 aliphatic rings. The van der Waals surface area contributed by atoms with Crippen LogP contribution in [0.2, 0.25) is 0 Å². The Bertz CT molecular complexity index is 211. The van der Waals surface area contributed by atoms with E-state index in [1.54, 1.807) is 0 Å². The molecule has 6 heteroatoms. The van der Waals surface area contributed by atoms with Gasteiger partial charge in [0, 0.05) is 22.6 Å². The van der Waals surface area contributed by atoms with Crippen LogP contribution in [0.5, 0.6) is 0 Å². The minimum atomic E-state index is -2.79. The smallest absolute Gasteiger partial charge is 0.301 e. The molecule has 0 atom stereocenters. The number of hydrogen-bond acceptors (Lipinski definition) is 2. The van der Waals surface area contributed by atoms with Crippen LogP contribution in [0.4, 0.5) is 8.78 Å². The van der Waals surface area contributed by atoms with Crippen molar-refractivity contribution < 1.29 is 18.4 Å². The second-order valence-corrected chi connectivity index (χ2v) is 3.27. The van der Waals surface area contributed by atoms with Gasteiger partial charge in [-0.15, -0.1) is 0 Å². The summed E-state index contributed by atoms with van der Waals surface area (Å²) in [6.07, 6.45) is 0. The van der Waals surface area contributed by atoms with Gasteiger partial charge < -0.3 is 4.90 Å². The molecule has 0 aromatic rings. The van der Waals surface area contributed by atoms with E-state index in [9.17, 15) is 18.4 Å². The molecule has 62 valence electrons. The Morgan fingerprint density at radius 3 is 2.09 bits per heavy atom. The van der Waals surface area contributed by atoms with Crippen molar-refractivity contribution in [3.63, 3.8) is 0 Å². The second-order valence-electron chi connectivity index (χ2n) is 2.29. The van der Waals surface area contributed by atoms with Gasteiger partial charge in [0.15, 0.2) is 0 Å². The van der Waals surface area contributed by atoms with E-state index in [1.807, 2.05) is 0 Å². The van der Waals surface area contributed by atoms with E-state index in [-0.39, 0.29) is 0 Å². The van der Waals surface area contributed by atoms with Gasteiger partial charge in [0.1, 0.15) is 0 Å². The van der Waals surface area contributed by atoms with Crippen LogP contribution in [-0.4, -0.2) is 33.6 Å². The van der Waals surface area contributed by atoms with E-state index in [0.717, 1.165) is 4.90 Å². The molecule has 0 spiro atoms. The number of rotatable bonds is 1. The third-order valence-electron chi connectivity index (χ3n) is 1.30. The van der Waals surface area contributed by atoms with E-state index in [1.165, 1.54) is 22.6 Å². The molecule has 0 bridgehead atoms. The van der Waals surface area contributed by atoms with Crippen molar-refractivity contribution in [2.24, 2.45) is 0 Å². The van der Waals surface area contributed by atoms with Gasteiger partial charge in [-0.1, -0.05) is 0 Å². The highest BCUT2D eigenvalue weighted by Crippen LogP contribution is 2.26. The molecule has 0 N–H and O–H groups in total. The van der Waals surface area contributed by atoms with Crippen molar-refractivity contribution in [2.75, 3.05) is 13.1 Å². The third-order valence-corrected chi connectivity index (χ3v) is 1.76. The highest BCUT2D eigenvalue weighted by molar-refractivity contribution is 14.1. The maximum absolute atomic E-state index is 12.1. The molecule has 0 unspecified atom stereocenters. The van der Waals surface area contributed by atoms with Crippen molar-refractivity contribution in [1.29, 1.82) is 0 Å². The van der Waals surface area contributed by atoms with Gasteiger partial charge in [-0.25, -0.2) is 8.78 Å². The molecule has 1 aliphatic heterocycles. The van der Waals surface area contributed by atoms with Crippen LogP contribution in [0.3, 0.4) is 0 Å². The first-order valence-electron chi connectivity index (χ1n) is 2.79. The summed E-state index contributed by atoms with van der Waals surface area (Å²) in [5, 5.41) is 0. The van der Waals surface area contributed by atoms with Gasteiger partial charge >= 0.3 is 5.91 Å². The average Bonchev–Trinajstić information content (AvgIpc) is 1.80. The Labute approximate surface area is 74.9 Å². The van der Waals surface area contributed by atoms with Gasteiger partial charge in [-0.05, 0) is 0 Å². The summed E-state index contributed by atoms with van der Waals surface area (Å²) in [4.78, 5) is 21.8. The zero-order valence-electron chi connectivity index (χ0n) is 5.31. The minimum Gasteiger partial charge on any atom is -0.323 e. The normalized spacial score (nSPS) is 20.8. The molecule has 1 rings (SSSR count). The van der Waals surface area contributed by atoms with Crippen LogP contribution < -0.4 is 0 Å². The van der Waals surface area contributed by atoms with Crippen LogP contribution >= 0.6 is 22.6 Å². The maximum Gasteiger partial charge on any atom is 0.301 e. The van der Waals surface area contributed by atoms with Gasteiger partial charge in [-0.2, -0.15) is 0 Å². The van der Waals surface area contributed by atoms with Crippen molar-refractivity contribution in [3.8, 4) is 0 Å². The van der Waals surface area contributed by atoms with Crippen LogP contribution in [0.1, 0.15) is 0 Å². The van der Waals surface area contributed by atoms with Gasteiger partial charge in [-0.3, -0.25) is 9.59 Å². The molecule has 3 nitrogen and oxygen atoms in total. The predicted octanol–water partition coefficient (Wildman–Crippen LogP) is 0.425. The summed E-state index contributed by atoms with van der Waals surface area (Å²) in [6, 6.07) is 0. The standard InChI is InChI=1S/C5H4F2INO2/c6-5(7)1-9(2-5)4(11)3(8)10/h1-2H2. The van der Waals surface area contributed by atoms with Crippen LogP contribution in [-0.2, 0) is 9.59 Å². The number of amides is 1. The fourth-order valence-corrected chi connectivity index (χ4v) is 1.12. The second kappa shape index (κ2) is 2.65. The molecule has 0 aromatic carbocycles. The number of carbonyl (C=O) groups excluding carboxylic acids is 2. The molecule has 0 saturated carbocycles. The summed E-state index contributed by atoms with van der Waals surface area (Å²) in [5.74, 6) is -3.63. The van der Waals surface area contributed by atoms with Crippen molar-refractivity contribution in [1.82, 2.24) is 4.90 Å². The van der Waals surface area contributed by atoms with Crippen LogP contribution in [0, 0.1) is 0 Å².